The zero-order chi connectivity index (χ0) is 19.0. The van der Waals surface area contributed by atoms with Crippen LogP contribution in [0.4, 0.5) is 16.4 Å². The van der Waals surface area contributed by atoms with Crippen LogP contribution in [-0.4, -0.2) is 31.7 Å². The quantitative estimate of drug-likeness (QED) is 0.637. The van der Waals surface area contributed by atoms with Gasteiger partial charge in [0, 0.05) is 17.7 Å². The molecule has 2 amide bonds. The first kappa shape index (κ1) is 16.8. The number of benzene rings is 1. The van der Waals surface area contributed by atoms with Crippen molar-refractivity contribution in [2.45, 2.75) is 19.8 Å². The molecule has 0 unspecified atom stereocenters. The summed E-state index contributed by atoms with van der Waals surface area (Å²) in [6, 6.07) is 8.49. The van der Waals surface area contributed by atoms with Gasteiger partial charge in [0.15, 0.2) is 5.65 Å². The second-order valence-electron chi connectivity index (χ2n) is 6.38. The number of nitrogens with zero attached hydrogens (tertiary/aromatic N) is 3. The molecule has 9 heteroatoms. The van der Waals surface area contributed by atoms with E-state index in [2.05, 4.69) is 20.7 Å². The molecule has 1 aromatic carbocycles. The molecule has 3 aromatic rings. The zero-order valence-electron chi connectivity index (χ0n) is 14.5. The third-order valence-corrected chi connectivity index (χ3v) is 4.15. The van der Waals surface area contributed by atoms with Gasteiger partial charge in [0.25, 0.3) is 0 Å². The van der Waals surface area contributed by atoms with Crippen LogP contribution in [0.3, 0.4) is 0 Å². The molecule has 3 N–H and O–H groups in total. The van der Waals surface area contributed by atoms with Crippen LogP contribution in [0.2, 0.25) is 0 Å². The Bertz CT molecular complexity index is 1040. The number of aryl methyl sites for hydroxylation is 1. The second-order valence-corrected chi connectivity index (χ2v) is 6.38. The van der Waals surface area contributed by atoms with E-state index in [-0.39, 0.29) is 17.8 Å². The van der Waals surface area contributed by atoms with Crippen LogP contribution in [0.15, 0.2) is 36.5 Å². The second kappa shape index (κ2) is 6.60. The van der Waals surface area contributed by atoms with E-state index in [1.807, 2.05) is 6.92 Å². The lowest BCUT2D eigenvalue weighted by atomic mass is 10.2. The average molecular weight is 367 g/mol. The standard InChI is InChI=1S/C18H17N5O4/c1-10-2-5-12(19-18(25)26)8-14(10)27-13-6-7-15-20-17(22-23(15)9-13)21-16(24)11-3-4-11/h2,5-9,11,19H,3-4H2,1H3,(H,25,26)(H,21,22,24). The van der Waals surface area contributed by atoms with Gasteiger partial charge in [-0.1, -0.05) is 6.07 Å². The first-order valence-corrected chi connectivity index (χ1v) is 8.44. The lowest BCUT2D eigenvalue weighted by molar-refractivity contribution is -0.117. The van der Waals surface area contributed by atoms with Crippen molar-refractivity contribution in [3.05, 3.63) is 42.1 Å². The molecule has 1 aliphatic carbocycles. The summed E-state index contributed by atoms with van der Waals surface area (Å²) in [5.41, 5.74) is 1.84. The van der Waals surface area contributed by atoms with Gasteiger partial charge in [-0.2, -0.15) is 4.98 Å². The Kier molecular flexibility index (Phi) is 4.11. The van der Waals surface area contributed by atoms with Gasteiger partial charge in [-0.15, -0.1) is 5.10 Å². The molecule has 9 nitrogen and oxygen atoms in total. The van der Waals surface area contributed by atoms with Crippen LogP contribution in [0, 0.1) is 12.8 Å². The first-order valence-electron chi connectivity index (χ1n) is 8.44. The van der Waals surface area contributed by atoms with Gasteiger partial charge in [-0.3, -0.25) is 15.4 Å². The molecule has 0 saturated heterocycles. The van der Waals surface area contributed by atoms with Crippen molar-refractivity contribution < 1.29 is 19.4 Å². The Hall–Kier alpha value is -3.62. The van der Waals surface area contributed by atoms with Gasteiger partial charge in [0.2, 0.25) is 11.9 Å². The highest BCUT2D eigenvalue weighted by Crippen LogP contribution is 2.30. The summed E-state index contributed by atoms with van der Waals surface area (Å²) in [4.78, 5) is 26.9. The van der Waals surface area contributed by atoms with Gasteiger partial charge in [0.05, 0.1) is 6.20 Å². The molecule has 2 aromatic heterocycles. The fraction of sp³-hybridized carbons (Fsp3) is 0.222. The molecule has 138 valence electrons. The van der Waals surface area contributed by atoms with Crippen molar-refractivity contribution in [1.29, 1.82) is 0 Å². The van der Waals surface area contributed by atoms with Crippen molar-refractivity contribution in [3.8, 4) is 11.5 Å². The van der Waals surface area contributed by atoms with Gasteiger partial charge in [-0.05, 0) is 43.5 Å². The monoisotopic (exact) mass is 367 g/mol. The summed E-state index contributed by atoms with van der Waals surface area (Å²) in [6.07, 6.45) is 2.32. The van der Waals surface area contributed by atoms with Crippen LogP contribution in [0.25, 0.3) is 5.65 Å². The lowest BCUT2D eigenvalue weighted by Crippen LogP contribution is -2.14. The minimum atomic E-state index is -1.14. The molecule has 0 atom stereocenters. The van der Waals surface area contributed by atoms with E-state index in [4.69, 9.17) is 9.84 Å². The number of carbonyl (C=O) groups is 2. The number of aromatic nitrogens is 3. The minimum Gasteiger partial charge on any atom is -0.465 e. The van der Waals surface area contributed by atoms with Gasteiger partial charge in [0.1, 0.15) is 11.5 Å². The van der Waals surface area contributed by atoms with E-state index in [0.717, 1.165) is 18.4 Å². The molecule has 0 spiro atoms. The summed E-state index contributed by atoms with van der Waals surface area (Å²) in [5.74, 6) is 1.30. The fourth-order valence-electron chi connectivity index (χ4n) is 2.57. The van der Waals surface area contributed by atoms with Crippen LogP contribution < -0.4 is 15.4 Å². The lowest BCUT2D eigenvalue weighted by Gasteiger charge is -2.10. The maximum Gasteiger partial charge on any atom is 0.409 e. The van der Waals surface area contributed by atoms with Crippen LogP contribution in [0.5, 0.6) is 11.5 Å². The predicted octanol–water partition coefficient (Wildman–Crippen LogP) is 3.27. The summed E-state index contributed by atoms with van der Waals surface area (Å²) in [6.45, 7) is 1.86. The fourth-order valence-corrected chi connectivity index (χ4v) is 2.57. The van der Waals surface area contributed by atoms with E-state index < -0.39 is 6.09 Å². The summed E-state index contributed by atoms with van der Waals surface area (Å²) in [5, 5.41) is 18.1. The third kappa shape index (κ3) is 3.81. The largest absolute Gasteiger partial charge is 0.465 e. The van der Waals surface area contributed by atoms with Crippen LogP contribution >= 0.6 is 0 Å². The van der Waals surface area contributed by atoms with Crippen LogP contribution in [-0.2, 0) is 4.79 Å². The van der Waals surface area contributed by atoms with E-state index in [9.17, 15) is 9.59 Å². The zero-order valence-corrected chi connectivity index (χ0v) is 14.5. The number of amides is 2. The van der Waals surface area contributed by atoms with E-state index in [1.165, 1.54) is 4.52 Å². The van der Waals surface area contributed by atoms with Crippen molar-refractivity contribution in [1.82, 2.24) is 14.6 Å². The Morgan fingerprint density at radius 3 is 2.78 bits per heavy atom. The van der Waals surface area contributed by atoms with Crippen molar-refractivity contribution >= 4 is 29.3 Å². The number of carboxylic acid groups (broad SMARTS) is 1. The van der Waals surface area contributed by atoms with E-state index in [0.29, 0.717) is 22.8 Å². The molecule has 1 aliphatic rings. The number of carbonyl (C=O) groups excluding carboxylic acids is 1. The number of hydrogen-bond acceptors (Lipinski definition) is 5. The predicted molar refractivity (Wildman–Crippen MR) is 97.2 cm³/mol. The topological polar surface area (TPSA) is 118 Å². The number of fused-ring (bicyclic) bond motifs is 1. The molecule has 1 saturated carbocycles. The maximum atomic E-state index is 11.8. The van der Waals surface area contributed by atoms with Gasteiger partial charge < -0.3 is 9.84 Å². The molecule has 0 radical (unpaired) electrons. The van der Waals surface area contributed by atoms with Crippen molar-refractivity contribution in [2.24, 2.45) is 5.92 Å². The summed E-state index contributed by atoms with van der Waals surface area (Å²) >= 11 is 0. The Balaban J connectivity index is 1.55. The maximum absolute atomic E-state index is 11.8. The number of rotatable bonds is 5. The Labute approximate surface area is 154 Å². The van der Waals surface area contributed by atoms with Gasteiger partial charge >= 0.3 is 6.09 Å². The highest BCUT2D eigenvalue weighted by molar-refractivity contribution is 5.92. The molecular weight excluding hydrogens is 350 g/mol. The molecule has 1 fully saturated rings. The molecular formula is C18H17N5O4. The number of ether oxygens (including phenoxy) is 1. The molecule has 2 heterocycles. The summed E-state index contributed by atoms with van der Waals surface area (Å²) < 4.78 is 7.39. The third-order valence-electron chi connectivity index (χ3n) is 4.15. The summed E-state index contributed by atoms with van der Waals surface area (Å²) in [7, 11) is 0. The van der Waals surface area contributed by atoms with Crippen molar-refractivity contribution in [2.75, 3.05) is 10.6 Å². The number of anilines is 2. The molecule has 0 bridgehead atoms. The first-order chi connectivity index (χ1) is 13.0. The highest BCUT2D eigenvalue weighted by atomic mass is 16.5. The van der Waals surface area contributed by atoms with E-state index in [1.54, 1.807) is 36.5 Å². The van der Waals surface area contributed by atoms with E-state index >= 15 is 0 Å². The highest BCUT2D eigenvalue weighted by Gasteiger charge is 2.30. The number of nitrogens with one attached hydrogen (secondary N) is 2. The number of pyridine rings is 1. The SMILES string of the molecule is Cc1ccc(NC(=O)O)cc1Oc1ccc2nc(NC(=O)C3CC3)nn2c1. The van der Waals surface area contributed by atoms with Crippen LogP contribution in [0.1, 0.15) is 18.4 Å². The molecule has 4 rings (SSSR count). The Morgan fingerprint density at radius 2 is 2.04 bits per heavy atom. The van der Waals surface area contributed by atoms with Gasteiger partial charge in [-0.25, -0.2) is 9.31 Å². The minimum absolute atomic E-state index is 0.0549. The Morgan fingerprint density at radius 1 is 1.22 bits per heavy atom. The average Bonchev–Trinajstić information content (AvgIpc) is 3.38. The van der Waals surface area contributed by atoms with Crippen molar-refractivity contribution in [3.63, 3.8) is 0 Å². The molecule has 27 heavy (non-hydrogen) atoms. The molecule has 0 aliphatic heterocycles. The normalized spacial score (nSPS) is 13.4. The number of hydrogen-bond donors (Lipinski definition) is 3. The smallest absolute Gasteiger partial charge is 0.409 e.